The van der Waals surface area contributed by atoms with Crippen molar-refractivity contribution in [3.05, 3.63) is 76.7 Å². The fourth-order valence-corrected chi connectivity index (χ4v) is 3.41. The van der Waals surface area contributed by atoms with Gasteiger partial charge in [-0.05, 0) is 37.6 Å². The zero-order valence-corrected chi connectivity index (χ0v) is 16.5. The summed E-state index contributed by atoms with van der Waals surface area (Å²) >= 11 is 0. The van der Waals surface area contributed by atoms with Crippen LogP contribution in [0.25, 0.3) is 0 Å². The van der Waals surface area contributed by atoms with Crippen LogP contribution in [-0.2, 0) is 20.7 Å². The van der Waals surface area contributed by atoms with Crippen LogP contribution in [0.1, 0.15) is 31.0 Å². The number of rotatable bonds is 6. The van der Waals surface area contributed by atoms with Crippen molar-refractivity contribution < 1.29 is 28.6 Å². The molecule has 0 aliphatic carbocycles. The maximum Gasteiger partial charge on any atom is 0.338 e. The monoisotopic (exact) mass is 412 g/mol. The van der Waals surface area contributed by atoms with Gasteiger partial charge in [-0.3, -0.25) is 9.69 Å². The molecule has 0 spiro atoms. The van der Waals surface area contributed by atoms with Gasteiger partial charge in [0.1, 0.15) is 5.82 Å². The molecule has 2 aromatic rings. The number of amides is 2. The first-order chi connectivity index (χ1) is 14.3. The summed E-state index contributed by atoms with van der Waals surface area (Å²) in [5.74, 6) is -2.17. The number of carbonyl (C=O) groups is 3. The number of carbonyl (C=O) groups excluding carboxylic acids is 2. The largest absolute Gasteiger partial charge is 0.481 e. The summed E-state index contributed by atoms with van der Waals surface area (Å²) in [6.45, 7) is 3.37. The van der Waals surface area contributed by atoms with E-state index in [2.05, 4.69) is 5.32 Å². The molecule has 2 amide bonds. The van der Waals surface area contributed by atoms with Crippen LogP contribution in [0.2, 0.25) is 0 Å². The highest BCUT2D eigenvalue weighted by molar-refractivity contribution is 6.03. The van der Waals surface area contributed by atoms with E-state index in [9.17, 15) is 18.8 Å². The predicted molar refractivity (Wildman–Crippen MR) is 107 cm³/mol. The molecule has 0 saturated heterocycles. The number of ether oxygens (including phenoxy) is 1. The number of hydrogen-bond donors (Lipinski definition) is 2. The zero-order chi connectivity index (χ0) is 21.8. The summed E-state index contributed by atoms with van der Waals surface area (Å²) in [6, 6.07) is 10.7. The van der Waals surface area contributed by atoms with E-state index in [1.165, 1.54) is 23.1 Å². The Kier molecular flexibility index (Phi) is 6.15. The van der Waals surface area contributed by atoms with Crippen molar-refractivity contribution in [3.63, 3.8) is 0 Å². The van der Waals surface area contributed by atoms with E-state index in [0.29, 0.717) is 16.9 Å². The molecule has 1 heterocycles. The molecule has 2 aromatic carbocycles. The van der Waals surface area contributed by atoms with Gasteiger partial charge in [-0.15, -0.1) is 0 Å². The van der Waals surface area contributed by atoms with Gasteiger partial charge in [0.15, 0.2) is 0 Å². The summed E-state index contributed by atoms with van der Waals surface area (Å²) in [6.07, 6.45) is -0.148. The van der Waals surface area contributed by atoms with Crippen molar-refractivity contribution in [2.75, 3.05) is 11.5 Å². The van der Waals surface area contributed by atoms with Gasteiger partial charge < -0.3 is 15.2 Å². The summed E-state index contributed by atoms with van der Waals surface area (Å²) in [4.78, 5) is 37.8. The van der Waals surface area contributed by atoms with Crippen molar-refractivity contribution >= 4 is 23.7 Å². The molecule has 1 aliphatic heterocycles. The number of urea groups is 1. The molecule has 8 heteroatoms. The molecular formula is C22H21FN2O5. The van der Waals surface area contributed by atoms with Crippen LogP contribution in [-0.4, -0.2) is 29.7 Å². The molecule has 7 nitrogen and oxygen atoms in total. The molecule has 0 saturated carbocycles. The van der Waals surface area contributed by atoms with Crippen LogP contribution in [0.3, 0.4) is 0 Å². The van der Waals surface area contributed by atoms with Gasteiger partial charge in [0.05, 0.1) is 30.3 Å². The molecule has 0 bridgehead atoms. The number of hydrogen-bond acceptors (Lipinski definition) is 4. The predicted octanol–water partition coefficient (Wildman–Crippen LogP) is 3.56. The normalized spacial score (nSPS) is 16.3. The number of halogens is 1. The lowest BCUT2D eigenvalue weighted by Gasteiger charge is -2.35. The molecule has 0 radical (unpaired) electrons. The topological polar surface area (TPSA) is 95.9 Å². The number of benzene rings is 2. The minimum Gasteiger partial charge on any atom is -0.481 e. The lowest BCUT2D eigenvalue weighted by atomic mass is 9.94. The van der Waals surface area contributed by atoms with Crippen LogP contribution in [0.5, 0.6) is 0 Å². The third kappa shape index (κ3) is 4.17. The van der Waals surface area contributed by atoms with Gasteiger partial charge in [-0.25, -0.2) is 14.0 Å². The van der Waals surface area contributed by atoms with E-state index in [0.717, 1.165) is 0 Å². The van der Waals surface area contributed by atoms with Gasteiger partial charge in [-0.1, -0.05) is 30.3 Å². The Morgan fingerprint density at radius 3 is 2.43 bits per heavy atom. The van der Waals surface area contributed by atoms with Crippen molar-refractivity contribution in [1.82, 2.24) is 5.32 Å². The molecule has 2 N–H and O–H groups in total. The van der Waals surface area contributed by atoms with Crippen LogP contribution in [0.15, 0.2) is 59.8 Å². The van der Waals surface area contributed by atoms with Gasteiger partial charge >= 0.3 is 18.0 Å². The third-order valence-corrected chi connectivity index (χ3v) is 4.75. The molecule has 0 unspecified atom stereocenters. The highest BCUT2D eigenvalue weighted by Crippen LogP contribution is 2.35. The van der Waals surface area contributed by atoms with Crippen LogP contribution in [0, 0.1) is 5.82 Å². The summed E-state index contributed by atoms with van der Waals surface area (Å²) < 4.78 is 19.6. The molecule has 0 fully saturated rings. The summed E-state index contributed by atoms with van der Waals surface area (Å²) in [7, 11) is 0. The Bertz CT molecular complexity index is 1020. The molecule has 30 heavy (non-hydrogen) atoms. The second-order valence-electron chi connectivity index (χ2n) is 6.70. The molecule has 0 aromatic heterocycles. The van der Waals surface area contributed by atoms with Crippen molar-refractivity contribution in [3.8, 4) is 0 Å². The number of allylic oxidation sites excluding steroid dienone is 1. The van der Waals surface area contributed by atoms with Gasteiger partial charge in [0.2, 0.25) is 0 Å². The van der Waals surface area contributed by atoms with Crippen molar-refractivity contribution in [2.24, 2.45) is 0 Å². The number of anilines is 1. The third-order valence-electron chi connectivity index (χ3n) is 4.75. The highest BCUT2D eigenvalue weighted by atomic mass is 19.1. The Balaban J connectivity index is 2.07. The van der Waals surface area contributed by atoms with Crippen LogP contribution >= 0.6 is 0 Å². The van der Waals surface area contributed by atoms with Crippen molar-refractivity contribution in [1.29, 1.82) is 0 Å². The van der Waals surface area contributed by atoms with E-state index >= 15 is 0 Å². The molecular weight excluding hydrogens is 391 g/mol. The van der Waals surface area contributed by atoms with E-state index in [-0.39, 0.29) is 24.2 Å². The number of nitrogens with zero attached hydrogens (tertiary/aromatic N) is 1. The van der Waals surface area contributed by atoms with Crippen molar-refractivity contribution in [2.45, 2.75) is 26.3 Å². The van der Waals surface area contributed by atoms with Gasteiger partial charge in [0.25, 0.3) is 0 Å². The SMILES string of the molecule is CCOC(=O)C1=C(C)N(c2ccc(CC(=O)O)cc2)C(=O)N[C@@H]1c1ccccc1F. The first-order valence-corrected chi connectivity index (χ1v) is 9.37. The lowest BCUT2D eigenvalue weighted by molar-refractivity contribution is -0.139. The van der Waals surface area contributed by atoms with Crippen LogP contribution < -0.4 is 10.2 Å². The minimum atomic E-state index is -1.000. The van der Waals surface area contributed by atoms with Crippen LogP contribution in [0.4, 0.5) is 14.9 Å². The number of carboxylic acids is 1. The number of esters is 1. The summed E-state index contributed by atoms with van der Waals surface area (Å²) in [5.41, 5.74) is 1.59. The second-order valence-corrected chi connectivity index (χ2v) is 6.70. The Morgan fingerprint density at radius 2 is 1.83 bits per heavy atom. The molecule has 1 atom stereocenters. The Morgan fingerprint density at radius 1 is 1.17 bits per heavy atom. The lowest BCUT2D eigenvalue weighted by Crippen LogP contribution is -2.48. The summed E-state index contributed by atoms with van der Waals surface area (Å²) in [5, 5.41) is 11.6. The fraction of sp³-hybridized carbons (Fsp3) is 0.227. The molecule has 156 valence electrons. The first-order valence-electron chi connectivity index (χ1n) is 9.37. The number of aliphatic carboxylic acids is 1. The second kappa shape index (κ2) is 8.77. The average molecular weight is 412 g/mol. The average Bonchev–Trinajstić information content (AvgIpc) is 2.69. The Hall–Kier alpha value is -3.68. The van der Waals surface area contributed by atoms with Gasteiger partial charge in [-0.2, -0.15) is 0 Å². The number of nitrogens with one attached hydrogen (secondary N) is 1. The quantitative estimate of drug-likeness (QED) is 0.708. The fourth-order valence-electron chi connectivity index (χ4n) is 3.41. The molecule has 3 rings (SSSR count). The first kappa shape index (κ1) is 21.0. The Labute approximate surface area is 172 Å². The van der Waals surface area contributed by atoms with E-state index < -0.39 is 29.8 Å². The van der Waals surface area contributed by atoms with E-state index in [1.54, 1.807) is 44.2 Å². The molecule has 1 aliphatic rings. The minimum absolute atomic E-state index is 0.121. The maximum absolute atomic E-state index is 14.4. The highest BCUT2D eigenvalue weighted by Gasteiger charge is 2.38. The maximum atomic E-state index is 14.4. The zero-order valence-electron chi connectivity index (χ0n) is 16.5. The van der Waals surface area contributed by atoms with E-state index in [4.69, 9.17) is 9.84 Å². The number of carboxylic acid groups (broad SMARTS) is 1. The smallest absolute Gasteiger partial charge is 0.338 e. The standard InChI is InChI=1S/C22H21FN2O5/c1-3-30-21(28)19-13(2)25(15-10-8-14(9-11-15)12-18(26)27)22(29)24-20(19)16-6-4-5-7-17(16)23/h4-11,20H,3,12H2,1-2H3,(H,24,29)(H,26,27)/t20-/m1/s1. The van der Waals surface area contributed by atoms with Gasteiger partial charge in [0, 0.05) is 11.3 Å². The van der Waals surface area contributed by atoms with E-state index in [1.807, 2.05) is 0 Å².